The largest absolute Gasteiger partial charge is 0.439 e. The van der Waals surface area contributed by atoms with Crippen molar-refractivity contribution in [3.05, 3.63) is 34.9 Å². The second-order valence-electron chi connectivity index (χ2n) is 6.06. The number of aliphatic hydroxyl groups is 1. The van der Waals surface area contributed by atoms with E-state index in [1.165, 1.54) is 18.2 Å². The Balaban J connectivity index is 2.07. The quantitative estimate of drug-likeness (QED) is 0.823. The van der Waals surface area contributed by atoms with Crippen LogP contribution in [0.15, 0.2) is 29.4 Å². The predicted molar refractivity (Wildman–Crippen MR) is 82.6 cm³/mol. The number of halogens is 4. The van der Waals surface area contributed by atoms with Crippen LogP contribution in [0, 0.1) is 5.92 Å². The first-order chi connectivity index (χ1) is 11.3. The van der Waals surface area contributed by atoms with E-state index in [4.69, 9.17) is 11.6 Å². The van der Waals surface area contributed by atoms with Crippen LogP contribution in [0.5, 0.6) is 0 Å². The highest BCUT2D eigenvalue weighted by Crippen LogP contribution is 2.48. The summed E-state index contributed by atoms with van der Waals surface area (Å²) in [5, 5.41) is 14.6. The molecule has 24 heavy (non-hydrogen) atoms. The Labute approximate surface area is 141 Å². The average molecular weight is 361 g/mol. The number of carbonyl (C=O) groups excluding carboxylic acids is 1. The molecule has 0 bridgehead atoms. The molecule has 0 saturated heterocycles. The molecule has 1 aromatic carbocycles. The third-order valence-electron chi connectivity index (χ3n) is 4.58. The Kier molecular flexibility index (Phi) is 4.34. The van der Waals surface area contributed by atoms with Crippen LogP contribution in [-0.2, 0) is 0 Å². The second kappa shape index (κ2) is 6.04. The van der Waals surface area contributed by atoms with Gasteiger partial charge in [0.05, 0.1) is 16.5 Å². The fourth-order valence-corrected chi connectivity index (χ4v) is 3.56. The maximum absolute atomic E-state index is 13.7. The van der Waals surface area contributed by atoms with Crippen LogP contribution in [0.2, 0.25) is 5.02 Å². The molecule has 1 aliphatic carbocycles. The summed E-state index contributed by atoms with van der Waals surface area (Å²) in [5.74, 6) is -2.28. The van der Waals surface area contributed by atoms with E-state index in [1.54, 1.807) is 6.07 Å². The van der Waals surface area contributed by atoms with Crippen LogP contribution >= 0.6 is 11.6 Å². The number of nitrogens with zero attached hydrogens (tertiary/aromatic N) is 2. The molecule has 8 heteroatoms. The number of benzene rings is 1. The van der Waals surface area contributed by atoms with Gasteiger partial charge in [0.2, 0.25) is 0 Å². The molecule has 130 valence electrons. The number of hydrazone groups is 1. The molecule has 1 aliphatic heterocycles. The second-order valence-corrected chi connectivity index (χ2v) is 6.47. The Hall–Kier alpha value is -1.60. The molecule has 4 nitrogen and oxygen atoms in total. The Morgan fingerprint density at radius 1 is 1.29 bits per heavy atom. The number of carbonyl (C=O) groups is 1. The summed E-state index contributed by atoms with van der Waals surface area (Å²) in [6, 6.07) is 5.78. The van der Waals surface area contributed by atoms with Gasteiger partial charge in [0.1, 0.15) is 0 Å². The molecular weight excluding hydrogens is 345 g/mol. The maximum atomic E-state index is 13.7. The lowest BCUT2D eigenvalue weighted by molar-refractivity contribution is -0.312. The molecule has 0 radical (unpaired) electrons. The molecule has 0 unspecified atom stereocenters. The fraction of sp³-hybridized carbons (Fsp3) is 0.500. The number of fused-ring (bicyclic) bond motifs is 1. The van der Waals surface area contributed by atoms with Crippen LogP contribution in [0.25, 0.3) is 0 Å². The lowest BCUT2D eigenvalue weighted by atomic mass is 9.87. The number of rotatable bonds is 1. The molecule has 1 N–H and O–H groups in total. The molecule has 3 rings (SSSR count). The topological polar surface area (TPSA) is 52.9 Å². The highest BCUT2D eigenvalue weighted by Gasteiger charge is 2.68. The van der Waals surface area contributed by atoms with Crippen molar-refractivity contribution in [3.8, 4) is 0 Å². The van der Waals surface area contributed by atoms with Crippen molar-refractivity contribution in [1.29, 1.82) is 0 Å². The van der Waals surface area contributed by atoms with Gasteiger partial charge in [-0.3, -0.25) is 4.79 Å². The van der Waals surface area contributed by atoms with Gasteiger partial charge in [0.25, 0.3) is 11.6 Å². The minimum atomic E-state index is -5.02. The van der Waals surface area contributed by atoms with E-state index in [0.717, 1.165) is 6.42 Å². The van der Waals surface area contributed by atoms with E-state index < -0.39 is 23.7 Å². The normalized spacial score (nSPS) is 27.5. The molecule has 1 fully saturated rings. The molecule has 0 spiro atoms. The van der Waals surface area contributed by atoms with E-state index in [9.17, 15) is 23.1 Å². The summed E-state index contributed by atoms with van der Waals surface area (Å²) in [6.07, 6.45) is -2.52. The predicted octanol–water partition coefficient (Wildman–Crippen LogP) is 3.98. The zero-order chi connectivity index (χ0) is 17.5. The number of alkyl halides is 3. The summed E-state index contributed by atoms with van der Waals surface area (Å²) in [5.41, 5.74) is -3.22. The van der Waals surface area contributed by atoms with Gasteiger partial charge in [0, 0.05) is 5.71 Å². The molecule has 2 atom stereocenters. The standard InChI is InChI=1S/C16H16ClF3N2O2/c17-12-8-5-4-6-10(12)14(23)22-15(24,16(18,19)20)11-7-2-1-3-9-13(11)21-22/h4-6,8,11,24H,1-3,7,9H2/t11-,15-/m1/s1. The van der Waals surface area contributed by atoms with E-state index in [1.807, 2.05) is 0 Å². The smallest absolute Gasteiger partial charge is 0.362 e. The molecule has 1 saturated carbocycles. The lowest BCUT2D eigenvalue weighted by Crippen LogP contribution is -2.61. The van der Waals surface area contributed by atoms with Gasteiger partial charge in [-0.2, -0.15) is 23.3 Å². The van der Waals surface area contributed by atoms with Crippen molar-refractivity contribution >= 4 is 23.2 Å². The average Bonchev–Trinajstić information content (AvgIpc) is 2.68. The Bertz CT molecular complexity index is 692. The summed E-state index contributed by atoms with van der Waals surface area (Å²) in [7, 11) is 0. The third kappa shape index (κ3) is 2.59. The first-order valence-corrected chi connectivity index (χ1v) is 8.10. The van der Waals surface area contributed by atoms with Crippen LogP contribution < -0.4 is 0 Å². The number of hydrogen-bond donors (Lipinski definition) is 1. The summed E-state index contributed by atoms with van der Waals surface area (Å²) in [4.78, 5) is 12.6. The first kappa shape index (κ1) is 17.2. The maximum Gasteiger partial charge on any atom is 0.439 e. The van der Waals surface area contributed by atoms with Gasteiger partial charge in [-0.25, -0.2) is 0 Å². The summed E-state index contributed by atoms with van der Waals surface area (Å²) < 4.78 is 41.2. The summed E-state index contributed by atoms with van der Waals surface area (Å²) >= 11 is 5.93. The molecule has 0 aromatic heterocycles. The van der Waals surface area contributed by atoms with Crippen LogP contribution in [-0.4, -0.2) is 33.6 Å². The van der Waals surface area contributed by atoms with Gasteiger partial charge in [0.15, 0.2) is 0 Å². The van der Waals surface area contributed by atoms with Crippen molar-refractivity contribution in [2.24, 2.45) is 11.0 Å². The van der Waals surface area contributed by atoms with Gasteiger partial charge in [-0.05, 0) is 31.4 Å². The highest BCUT2D eigenvalue weighted by molar-refractivity contribution is 6.33. The van der Waals surface area contributed by atoms with Crippen molar-refractivity contribution in [3.63, 3.8) is 0 Å². The van der Waals surface area contributed by atoms with Crippen LogP contribution in [0.1, 0.15) is 42.5 Å². The lowest BCUT2D eigenvalue weighted by Gasteiger charge is -2.37. The van der Waals surface area contributed by atoms with E-state index in [-0.39, 0.29) is 27.7 Å². The van der Waals surface area contributed by atoms with E-state index in [2.05, 4.69) is 5.10 Å². The van der Waals surface area contributed by atoms with Gasteiger partial charge < -0.3 is 5.11 Å². The van der Waals surface area contributed by atoms with Gasteiger partial charge in [-0.1, -0.05) is 36.6 Å². The first-order valence-electron chi connectivity index (χ1n) is 7.72. The van der Waals surface area contributed by atoms with Crippen molar-refractivity contribution in [2.75, 3.05) is 0 Å². The third-order valence-corrected chi connectivity index (χ3v) is 4.91. The minimum Gasteiger partial charge on any atom is -0.362 e. The molecule has 2 aliphatic rings. The van der Waals surface area contributed by atoms with E-state index in [0.29, 0.717) is 19.3 Å². The van der Waals surface area contributed by atoms with Crippen molar-refractivity contribution in [1.82, 2.24) is 5.01 Å². The Morgan fingerprint density at radius 3 is 2.67 bits per heavy atom. The SMILES string of the molecule is O=C(c1ccccc1Cl)N1N=C2CCCCC[C@H]2[C@@]1(O)C(F)(F)F. The highest BCUT2D eigenvalue weighted by atomic mass is 35.5. The molecular formula is C16H16ClF3N2O2. The monoisotopic (exact) mass is 360 g/mol. The molecule has 1 aromatic rings. The van der Waals surface area contributed by atoms with E-state index >= 15 is 0 Å². The van der Waals surface area contributed by atoms with Crippen LogP contribution in [0.3, 0.4) is 0 Å². The zero-order valence-corrected chi connectivity index (χ0v) is 13.4. The summed E-state index contributed by atoms with van der Waals surface area (Å²) in [6.45, 7) is 0. The minimum absolute atomic E-state index is 0.0133. The molecule has 1 heterocycles. The Morgan fingerprint density at radius 2 is 2.00 bits per heavy atom. The van der Waals surface area contributed by atoms with Gasteiger partial charge in [-0.15, -0.1) is 0 Å². The van der Waals surface area contributed by atoms with Gasteiger partial charge >= 0.3 is 6.18 Å². The molecule has 1 amide bonds. The number of hydrogen-bond acceptors (Lipinski definition) is 3. The van der Waals surface area contributed by atoms with Crippen LogP contribution in [0.4, 0.5) is 13.2 Å². The fourth-order valence-electron chi connectivity index (χ4n) is 3.34. The van der Waals surface area contributed by atoms with Crippen molar-refractivity contribution < 1.29 is 23.1 Å². The number of amides is 1. The van der Waals surface area contributed by atoms with Crippen molar-refractivity contribution in [2.45, 2.75) is 44.0 Å². The zero-order valence-electron chi connectivity index (χ0n) is 12.7.